The zero-order valence-corrected chi connectivity index (χ0v) is 31.1. The van der Waals surface area contributed by atoms with Crippen LogP contribution in [0, 0.1) is 13.8 Å². The third kappa shape index (κ3) is 6.32. The Hall–Kier alpha value is -6.92. The molecule has 1 aromatic heterocycles. The minimum absolute atomic E-state index is 0.579. The Balaban J connectivity index is 1.38. The van der Waals surface area contributed by atoms with E-state index in [2.05, 4.69) is 180 Å². The summed E-state index contributed by atoms with van der Waals surface area (Å²) in [5, 5.41) is 3.70. The topological polar surface area (TPSA) is 71.5 Å². The molecular weight excluding hydrogens is 673 g/mol. The van der Waals surface area contributed by atoms with Gasteiger partial charge in [-0.05, 0) is 109 Å². The SMILES string of the molecule is Cc1c(CN(c2ccccc2)c2ccccc2N)c(Cc2ccccc2)c(C2=Nc3ccccc3NC2)c(C)c1-c1nc2ccccc2n1-c1ccccc1. The van der Waals surface area contributed by atoms with Crippen LogP contribution in [0.5, 0.6) is 0 Å². The van der Waals surface area contributed by atoms with Crippen LogP contribution in [0.25, 0.3) is 28.1 Å². The van der Waals surface area contributed by atoms with Gasteiger partial charge in [0.25, 0.3) is 0 Å². The number of hydrogen-bond donors (Lipinski definition) is 2. The van der Waals surface area contributed by atoms with Crippen LogP contribution >= 0.6 is 0 Å². The number of imidazole rings is 1. The van der Waals surface area contributed by atoms with Gasteiger partial charge in [-0.25, -0.2) is 9.98 Å². The van der Waals surface area contributed by atoms with Gasteiger partial charge in [-0.2, -0.15) is 0 Å². The number of anilines is 4. The molecular formula is C49H42N6. The molecule has 0 radical (unpaired) electrons. The quantitative estimate of drug-likeness (QED) is 0.146. The highest BCUT2D eigenvalue weighted by atomic mass is 15.1. The molecule has 8 aromatic rings. The lowest BCUT2D eigenvalue weighted by Crippen LogP contribution is -2.25. The molecule has 1 aliphatic rings. The molecule has 6 nitrogen and oxygen atoms in total. The van der Waals surface area contributed by atoms with Gasteiger partial charge < -0.3 is 16.0 Å². The maximum atomic E-state index is 6.79. The third-order valence-corrected chi connectivity index (χ3v) is 10.8. The normalized spacial score (nSPS) is 12.2. The van der Waals surface area contributed by atoms with E-state index in [1.165, 1.54) is 22.3 Å². The molecule has 0 spiro atoms. The predicted octanol–water partition coefficient (Wildman–Crippen LogP) is 11.4. The van der Waals surface area contributed by atoms with Gasteiger partial charge in [0.1, 0.15) is 5.82 Å². The highest BCUT2D eigenvalue weighted by Crippen LogP contribution is 2.42. The minimum atomic E-state index is 0.579. The van der Waals surface area contributed by atoms with Crippen molar-refractivity contribution in [1.82, 2.24) is 9.55 Å². The summed E-state index contributed by atoms with van der Waals surface area (Å²) < 4.78 is 2.31. The minimum Gasteiger partial charge on any atom is -0.397 e. The Kier molecular flexibility index (Phi) is 8.92. The van der Waals surface area contributed by atoms with Crippen LogP contribution in [-0.4, -0.2) is 21.8 Å². The Labute approximate surface area is 322 Å². The van der Waals surface area contributed by atoms with Gasteiger partial charge in [0.05, 0.1) is 46.0 Å². The number of para-hydroxylation sites is 8. The molecule has 0 saturated heterocycles. The summed E-state index contributed by atoms with van der Waals surface area (Å²) in [5.74, 6) is 0.909. The number of fused-ring (bicyclic) bond motifs is 2. The van der Waals surface area contributed by atoms with Gasteiger partial charge in [0, 0.05) is 29.0 Å². The number of nitrogens with zero attached hydrogens (tertiary/aromatic N) is 4. The number of hydrogen-bond acceptors (Lipinski definition) is 5. The summed E-state index contributed by atoms with van der Waals surface area (Å²) in [4.78, 5) is 13.2. The molecule has 3 N–H and O–H groups in total. The van der Waals surface area contributed by atoms with Crippen molar-refractivity contribution in [3.05, 3.63) is 197 Å². The number of aromatic nitrogens is 2. The van der Waals surface area contributed by atoms with Crippen LogP contribution in [0.4, 0.5) is 28.4 Å². The van der Waals surface area contributed by atoms with Gasteiger partial charge in [0.15, 0.2) is 0 Å². The van der Waals surface area contributed by atoms with E-state index >= 15 is 0 Å². The largest absolute Gasteiger partial charge is 0.397 e. The molecule has 0 saturated carbocycles. The Bertz CT molecular complexity index is 2680. The number of nitrogen functional groups attached to an aromatic ring is 1. The average molecular weight is 715 g/mol. The van der Waals surface area contributed by atoms with Crippen LogP contribution < -0.4 is 16.0 Å². The smallest absolute Gasteiger partial charge is 0.146 e. The first-order chi connectivity index (χ1) is 27.0. The molecule has 7 aromatic carbocycles. The first kappa shape index (κ1) is 33.9. The first-order valence-electron chi connectivity index (χ1n) is 18.8. The van der Waals surface area contributed by atoms with Gasteiger partial charge in [0.2, 0.25) is 0 Å². The van der Waals surface area contributed by atoms with E-state index in [-0.39, 0.29) is 0 Å². The maximum absolute atomic E-state index is 6.79. The second-order valence-corrected chi connectivity index (χ2v) is 14.1. The first-order valence-corrected chi connectivity index (χ1v) is 18.8. The van der Waals surface area contributed by atoms with Crippen molar-refractivity contribution in [2.24, 2.45) is 4.99 Å². The average Bonchev–Trinajstić information content (AvgIpc) is 3.61. The Morgan fingerprint density at radius 1 is 0.655 bits per heavy atom. The van der Waals surface area contributed by atoms with Crippen LogP contribution in [0.2, 0.25) is 0 Å². The summed E-state index contributed by atoms with van der Waals surface area (Å²) >= 11 is 0. The Morgan fingerprint density at radius 2 is 1.31 bits per heavy atom. The predicted molar refractivity (Wildman–Crippen MR) is 229 cm³/mol. The van der Waals surface area contributed by atoms with Crippen molar-refractivity contribution in [2.45, 2.75) is 26.8 Å². The van der Waals surface area contributed by atoms with Crippen LogP contribution in [0.1, 0.15) is 33.4 Å². The highest BCUT2D eigenvalue weighted by Gasteiger charge is 2.29. The summed E-state index contributed by atoms with van der Waals surface area (Å²) in [6, 6.07) is 56.8. The zero-order chi connectivity index (χ0) is 37.3. The summed E-state index contributed by atoms with van der Waals surface area (Å²) in [6.45, 7) is 5.72. The van der Waals surface area contributed by atoms with E-state index < -0.39 is 0 Å². The molecule has 2 heterocycles. The molecule has 0 bridgehead atoms. The van der Waals surface area contributed by atoms with Crippen molar-refractivity contribution < 1.29 is 0 Å². The fourth-order valence-electron chi connectivity index (χ4n) is 8.17. The molecule has 55 heavy (non-hydrogen) atoms. The number of nitrogens with one attached hydrogen (secondary N) is 1. The number of rotatable bonds is 9. The van der Waals surface area contributed by atoms with Gasteiger partial charge >= 0.3 is 0 Å². The van der Waals surface area contributed by atoms with E-state index in [4.69, 9.17) is 15.7 Å². The van der Waals surface area contributed by atoms with E-state index in [0.29, 0.717) is 13.1 Å². The van der Waals surface area contributed by atoms with Crippen molar-refractivity contribution in [2.75, 3.05) is 22.5 Å². The fourth-order valence-corrected chi connectivity index (χ4v) is 8.17. The number of nitrogens with two attached hydrogens (primary N) is 1. The highest BCUT2D eigenvalue weighted by molar-refractivity contribution is 6.10. The van der Waals surface area contributed by atoms with E-state index in [1.54, 1.807) is 0 Å². The van der Waals surface area contributed by atoms with Crippen LogP contribution in [-0.2, 0) is 13.0 Å². The molecule has 0 aliphatic carbocycles. The lowest BCUT2D eigenvalue weighted by Gasteiger charge is -2.32. The van der Waals surface area contributed by atoms with Gasteiger partial charge in [-0.15, -0.1) is 0 Å². The molecule has 0 unspecified atom stereocenters. The maximum Gasteiger partial charge on any atom is 0.146 e. The lowest BCUT2D eigenvalue weighted by molar-refractivity contribution is 0.932. The van der Waals surface area contributed by atoms with E-state index in [0.717, 1.165) is 79.8 Å². The molecule has 1 aliphatic heterocycles. The molecule has 268 valence electrons. The molecule has 0 fully saturated rings. The lowest BCUT2D eigenvalue weighted by atomic mass is 9.82. The fraction of sp³-hybridized carbons (Fsp3) is 0.102. The summed E-state index contributed by atoms with van der Waals surface area (Å²) in [6.07, 6.45) is 0.732. The van der Waals surface area contributed by atoms with E-state index in [1.807, 2.05) is 12.1 Å². The Morgan fingerprint density at radius 3 is 2.09 bits per heavy atom. The van der Waals surface area contributed by atoms with Crippen molar-refractivity contribution in [1.29, 1.82) is 0 Å². The van der Waals surface area contributed by atoms with E-state index in [9.17, 15) is 0 Å². The van der Waals surface area contributed by atoms with Crippen molar-refractivity contribution >= 4 is 45.2 Å². The summed E-state index contributed by atoms with van der Waals surface area (Å²) in [5.41, 5.74) is 23.9. The molecule has 0 amide bonds. The standard InChI is InChI=1S/C49H42N6/c1-33-39(32-54(36-20-8-4-9-21-36)45-28-16-12-24-40(45)50)38(30-35-18-6-3-7-19-35)48(44-31-51-41-25-13-14-26-42(41)52-44)34(2)47(33)49-53-43-27-15-17-29-46(43)55(49)37-22-10-5-11-23-37/h3-29,51H,30-32,50H2,1-2H3. The summed E-state index contributed by atoms with van der Waals surface area (Å²) in [7, 11) is 0. The van der Waals surface area contributed by atoms with Gasteiger partial charge in [-0.1, -0.05) is 103 Å². The second kappa shape index (κ2) is 14.5. The number of benzene rings is 7. The van der Waals surface area contributed by atoms with Crippen LogP contribution in [0.15, 0.2) is 169 Å². The molecule has 6 heteroatoms. The molecule has 9 rings (SSSR count). The van der Waals surface area contributed by atoms with Crippen molar-refractivity contribution in [3.8, 4) is 17.1 Å². The van der Waals surface area contributed by atoms with Crippen LogP contribution in [0.3, 0.4) is 0 Å². The second-order valence-electron chi connectivity index (χ2n) is 14.1. The third-order valence-electron chi connectivity index (χ3n) is 10.8. The molecule has 0 atom stereocenters. The van der Waals surface area contributed by atoms with Gasteiger partial charge in [-0.3, -0.25) is 4.57 Å². The zero-order valence-electron chi connectivity index (χ0n) is 31.1. The monoisotopic (exact) mass is 714 g/mol. The number of aliphatic imine (C=N–C) groups is 1. The van der Waals surface area contributed by atoms with Crippen molar-refractivity contribution in [3.63, 3.8) is 0 Å².